The van der Waals surface area contributed by atoms with E-state index in [0.29, 0.717) is 6.61 Å². The molecular formula is C15H22N2O2. The predicted octanol–water partition coefficient (Wildman–Crippen LogP) is 3.35. The standard InChI is InChI=1S/C15H22N2O2/c1-4-19-15(18)12(3)17-14(9-10-16-17)13-8-6-5-7-11(13)2/h9-10,12H,4-8H2,1-3H3. The maximum Gasteiger partial charge on any atom is 0.330 e. The lowest BCUT2D eigenvalue weighted by Crippen LogP contribution is -2.22. The number of rotatable bonds is 4. The number of esters is 1. The van der Waals surface area contributed by atoms with Gasteiger partial charge in [0.1, 0.15) is 6.04 Å². The lowest BCUT2D eigenvalue weighted by Gasteiger charge is -2.21. The molecule has 1 heterocycles. The number of hydrogen-bond donors (Lipinski definition) is 0. The van der Waals surface area contributed by atoms with Crippen LogP contribution in [0.2, 0.25) is 0 Å². The summed E-state index contributed by atoms with van der Waals surface area (Å²) in [6.07, 6.45) is 6.46. The monoisotopic (exact) mass is 262 g/mol. The van der Waals surface area contributed by atoms with Gasteiger partial charge in [0.25, 0.3) is 0 Å². The number of ether oxygens (including phenoxy) is 1. The van der Waals surface area contributed by atoms with Gasteiger partial charge in [-0.25, -0.2) is 4.79 Å². The smallest absolute Gasteiger partial charge is 0.330 e. The van der Waals surface area contributed by atoms with Gasteiger partial charge < -0.3 is 4.74 Å². The van der Waals surface area contributed by atoms with E-state index in [0.717, 1.165) is 18.5 Å². The minimum absolute atomic E-state index is 0.221. The van der Waals surface area contributed by atoms with Gasteiger partial charge in [-0.15, -0.1) is 0 Å². The van der Waals surface area contributed by atoms with Crippen LogP contribution >= 0.6 is 0 Å². The van der Waals surface area contributed by atoms with Crippen molar-refractivity contribution in [3.8, 4) is 0 Å². The molecule has 1 aromatic heterocycles. The Labute approximate surface area is 114 Å². The maximum atomic E-state index is 11.9. The average molecular weight is 262 g/mol. The van der Waals surface area contributed by atoms with Crippen LogP contribution in [0.4, 0.5) is 0 Å². The minimum atomic E-state index is -0.368. The number of aromatic nitrogens is 2. The largest absolute Gasteiger partial charge is 0.464 e. The van der Waals surface area contributed by atoms with Crippen LogP contribution in [0, 0.1) is 0 Å². The summed E-state index contributed by atoms with van der Waals surface area (Å²) in [5.74, 6) is -0.221. The highest BCUT2D eigenvalue weighted by molar-refractivity contribution is 5.75. The molecular weight excluding hydrogens is 240 g/mol. The lowest BCUT2D eigenvalue weighted by molar-refractivity contribution is -0.146. The zero-order valence-corrected chi connectivity index (χ0v) is 12.0. The second-order valence-corrected chi connectivity index (χ2v) is 5.06. The van der Waals surface area contributed by atoms with Gasteiger partial charge in [0.15, 0.2) is 0 Å². The van der Waals surface area contributed by atoms with Crippen LogP contribution in [0.3, 0.4) is 0 Å². The van der Waals surface area contributed by atoms with Crippen LogP contribution in [0.25, 0.3) is 5.57 Å². The Morgan fingerprint density at radius 2 is 2.21 bits per heavy atom. The molecule has 0 radical (unpaired) electrons. The molecule has 1 unspecified atom stereocenters. The molecule has 0 bridgehead atoms. The molecule has 0 amide bonds. The third kappa shape index (κ3) is 2.88. The Hall–Kier alpha value is -1.58. The SMILES string of the molecule is CCOC(=O)C(C)n1nccc1C1=C(C)CCCC1. The molecule has 1 aliphatic rings. The first-order chi connectivity index (χ1) is 9.15. The van der Waals surface area contributed by atoms with Crippen LogP contribution in [-0.2, 0) is 9.53 Å². The van der Waals surface area contributed by atoms with Gasteiger partial charge in [-0.3, -0.25) is 4.68 Å². The van der Waals surface area contributed by atoms with E-state index in [1.54, 1.807) is 10.9 Å². The Morgan fingerprint density at radius 3 is 2.89 bits per heavy atom. The highest BCUT2D eigenvalue weighted by Gasteiger charge is 2.22. The highest BCUT2D eigenvalue weighted by Crippen LogP contribution is 2.32. The van der Waals surface area contributed by atoms with Crippen LogP contribution in [-0.4, -0.2) is 22.4 Å². The number of carbonyl (C=O) groups excluding carboxylic acids is 1. The third-order valence-corrected chi connectivity index (χ3v) is 3.72. The number of nitrogens with zero attached hydrogens (tertiary/aromatic N) is 2. The molecule has 0 spiro atoms. The molecule has 0 aromatic carbocycles. The summed E-state index contributed by atoms with van der Waals surface area (Å²) < 4.78 is 6.87. The van der Waals surface area contributed by atoms with Crippen molar-refractivity contribution < 1.29 is 9.53 Å². The van der Waals surface area contributed by atoms with E-state index < -0.39 is 0 Å². The minimum Gasteiger partial charge on any atom is -0.464 e. The second-order valence-electron chi connectivity index (χ2n) is 5.06. The van der Waals surface area contributed by atoms with Crippen molar-refractivity contribution in [2.75, 3.05) is 6.61 Å². The average Bonchev–Trinajstić information content (AvgIpc) is 2.87. The Bertz CT molecular complexity index is 488. The lowest BCUT2D eigenvalue weighted by atomic mass is 9.90. The number of allylic oxidation sites excluding steroid dienone is 2. The normalized spacial score (nSPS) is 17.4. The summed E-state index contributed by atoms with van der Waals surface area (Å²) in [6, 6.07) is 1.63. The van der Waals surface area contributed by atoms with Gasteiger partial charge in [-0.05, 0) is 58.1 Å². The van der Waals surface area contributed by atoms with Crippen molar-refractivity contribution in [2.24, 2.45) is 0 Å². The highest BCUT2D eigenvalue weighted by atomic mass is 16.5. The molecule has 1 aromatic rings. The van der Waals surface area contributed by atoms with Gasteiger partial charge in [-0.1, -0.05) is 5.57 Å². The van der Waals surface area contributed by atoms with Crippen molar-refractivity contribution in [3.05, 3.63) is 23.5 Å². The predicted molar refractivity (Wildman–Crippen MR) is 74.6 cm³/mol. The van der Waals surface area contributed by atoms with E-state index in [1.807, 2.05) is 19.9 Å². The van der Waals surface area contributed by atoms with Crippen LogP contribution < -0.4 is 0 Å². The van der Waals surface area contributed by atoms with Crippen molar-refractivity contribution in [2.45, 2.75) is 52.5 Å². The molecule has 1 aliphatic carbocycles. The quantitative estimate of drug-likeness (QED) is 0.781. The van der Waals surface area contributed by atoms with Crippen molar-refractivity contribution in [1.29, 1.82) is 0 Å². The van der Waals surface area contributed by atoms with Gasteiger partial charge >= 0.3 is 5.97 Å². The molecule has 0 aliphatic heterocycles. The topological polar surface area (TPSA) is 44.1 Å². The molecule has 0 N–H and O–H groups in total. The van der Waals surface area contributed by atoms with Gasteiger partial charge in [0, 0.05) is 6.20 Å². The summed E-state index contributed by atoms with van der Waals surface area (Å²) in [7, 11) is 0. The molecule has 4 heteroatoms. The fourth-order valence-corrected chi connectivity index (χ4v) is 2.63. The zero-order valence-electron chi connectivity index (χ0n) is 12.0. The van der Waals surface area contributed by atoms with E-state index in [4.69, 9.17) is 4.74 Å². The summed E-state index contributed by atoms with van der Waals surface area (Å²) in [6.45, 7) is 6.25. The van der Waals surface area contributed by atoms with Crippen molar-refractivity contribution >= 4 is 11.5 Å². The maximum absolute atomic E-state index is 11.9. The Kier molecular flexibility index (Phi) is 4.40. The van der Waals surface area contributed by atoms with E-state index >= 15 is 0 Å². The Balaban J connectivity index is 2.29. The summed E-state index contributed by atoms with van der Waals surface area (Å²) in [4.78, 5) is 11.9. The molecule has 0 fully saturated rings. The summed E-state index contributed by atoms with van der Waals surface area (Å²) >= 11 is 0. The second kappa shape index (κ2) is 6.04. The van der Waals surface area contributed by atoms with Crippen LogP contribution in [0.1, 0.15) is 58.2 Å². The van der Waals surface area contributed by atoms with Gasteiger partial charge in [0.05, 0.1) is 12.3 Å². The first-order valence-electron chi connectivity index (χ1n) is 7.04. The molecule has 0 saturated heterocycles. The van der Waals surface area contributed by atoms with E-state index in [1.165, 1.54) is 24.0 Å². The molecule has 104 valence electrons. The van der Waals surface area contributed by atoms with Gasteiger partial charge in [-0.2, -0.15) is 5.10 Å². The number of hydrogen-bond acceptors (Lipinski definition) is 3. The summed E-state index contributed by atoms with van der Waals surface area (Å²) in [5.41, 5.74) is 3.83. The molecule has 1 atom stereocenters. The fraction of sp³-hybridized carbons (Fsp3) is 0.600. The van der Waals surface area contributed by atoms with E-state index in [9.17, 15) is 4.79 Å². The molecule has 19 heavy (non-hydrogen) atoms. The third-order valence-electron chi connectivity index (χ3n) is 3.72. The van der Waals surface area contributed by atoms with Crippen LogP contribution in [0.15, 0.2) is 17.8 Å². The van der Waals surface area contributed by atoms with E-state index in [2.05, 4.69) is 12.0 Å². The molecule has 4 nitrogen and oxygen atoms in total. The molecule has 2 rings (SSSR count). The molecule has 0 saturated carbocycles. The first-order valence-corrected chi connectivity index (χ1v) is 7.04. The fourth-order valence-electron chi connectivity index (χ4n) is 2.63. The number of carbonyl (C=O) groups is 1. The van der Waals surface area contributed by atoms with Crippen LogP contribution in [0.5, 0.6) is 0 Å². The zero-order chi connectivity index (χ0) is 13.8. The van der Waals surface area contributed by atoms with Crippen molar-refractivity contribution in [3.63, 3.8) is 0 Å². The van der Waals surface area contributed by atoms with Crippen molar-refractivity contribution in [1.82, 2.24) is 9.78 Å². The first kappa shape index (κ1) is 13.8. The summed E-state index contributed by atoms with van der Waals surface area (Å²) in [5, 5.41) is 4.31. The Morgan fingerprint density at radius 1 is 1.47 bits per heavy atom. The van der Waals surface area contributed by atoms with E-state index in [-0.39, 0.29) is 12.0 Å². The van der Waals surface area contributed by atoms with Gasteiger partial charge in [0.2, 0.25) is 0 Å².